The molecule has 1 aliphatic carbocycles. The van der Waals surface area contributed by atoms with Crippen molar-refractivity contribution in [1.82, 2.24) is 5.32 Å². The lowest BCUT2D eigenvalue weighted by molar-refractivity contribution is 0.460. The molecule has 2 unspecified atom stereocenters. The van der Waals surface area contributed by atoms with Crippen molar-refractivity contribution < 1.29 is 4.39 Å². The van der Waals surface area contributed by atoms with Gasteiger partial charge in [0.15, 0.2) is 0 Å². The quantitative estimate of drug-likeness (QED) is 0.835. The van der Waals surface area contributed by atoms with Crippen LogP contribution in [0.1, 0.15) is 36.8 Å². The second-order valence-electron chi connectivity index (χ2n) is 6.32. The average molecular weight is 260 g/mol. The maximum absolute atomic E-state index is 14.4. The molecule has 2 nitrogen and oxygen atoms in total. The molecule has 102 valence electrons. The molecule has 1 aromatic rings. The minimum Gasteiger partial charge on any atom is -0.366 e. The summed E-state index contributed by atoms with van der Waals surface area (Å²) in [6, 6.07) is 5.06. The van der Waals surface area contributed by atoms with E-state index in [-0.39, 0.29) is 5.82 Å². The van der Waals surface area contributed by atoms with E-state index in [1.807, 2.05) is 0 Å². The second kappa shape index (κ2) is 4.48. The normalized spacial score (nSPS) is 29.4. The lowest BCUT2D eigenvalue weighted by atomic mass is 9.91. The minimum absolute atomic E-state index is 0.0121. The number of fused-ring (bicyclic) bond motifs is 3. The highest BCUT2D eigenvalue weighted by molar-refractivity contribution is 5.54. The maximum Gasteiger partial charge on any atom is 0.146 e. The molecule has 4 rings (SSSR count). The lowest BCUT2D eigenvalue weighted by Gasteiger charge is -2.35. The molecule has 2 bridgehead atoms. The van der Waals surface area contributed by atoms with Gasteiger partial charge in [0, 0.05) is 25.2 Å². The Bertz CT molecular complexity index is 488. The van der Waals surface area contributed by atoms with E-state index in [2.05, 4.69) is 16.3 Å². The molecule has 2 fully saturated rings. The number of benzene rings is 1. The van der Waals surface area contributed by atoms with Crippen LogP contribution in [-0.4, -0.2) is 25.2 Å². The largest absolute Gasteiger partial charge is 0.366 e. The zero-order valence-electron chi connectivity index (χ0n) is 11.3. The summed E-state index contributed by atoms with van der Waals surface area (Å²) < 4.78 is 14.4. The Labute approximate surface area is 114 Å². The van der Waals surface area contributed by atoms with E-state index in [9.17, 15) is 4.39 Å². The highest BCUT2D eigenvalue weighted by Crippen LogP contribution is 2.32. The first-order valence-electron chi connectivity index (χ1n) is 7.62. The number of aryl methyl sites for hydroxylation is 2. The van der Waals surface area contributed by atoms with Gasteiger partial charge < -0.3 is 10.2 Å². The van der Waals surface area contributed by atoms with Crippen LogP contribution in [0.25, 0.3) is 0 Å². The van der Waals surface area contributed by atoms with Gasteiger partial charge in [-0.1, -0.05) is 0 Å². The van der Waals surface area contributed by atoms with Crippen LogP contribution in [0.15, 0.2) is 12.1 Å². The van der Waals surface area contributed by atoms with Crippen LogP contribution in [0.5, 0.6) is 0 Å². The van der Waals surface area contributed by atoms with Crippen LogP contribution < -0.4 is 10.2 Å². The molecule has 1 aromatic carbocycles. The SMILES string of the molecule is Fc1cc2c(cc1N1CC3CCC(C1)N3)CCCC2. The van der Waals surface area contributed by atoms with Crippen LogP contribution in [0, 0.1) is 5.82 Å². The molecular formula is C16H21FN2. The summed E-state index contributed by atoms with van der Waals surface area (Å²) in [6.45, 7) is 1.93. The number of hydrogen-bond donors (Lipinski definition) is 1. The average Bonchev–Trinajstić information content (AvgIpc) is 2.76. The first-order chi connectivity index (χ1) is 9.29. The van der Waals surface area contributed by atoms with E-state index in [0.717, 1.165) is 31.6 Å². The number of halogens is 1. The van der Waals surface area contributed by atoms with Crippen molar-refractivity contribution >= 4 is 5.69 Å². The summed E-state index contributed by atoms with van der Waals surface area (Å²) in [5.74, 6) is -0.0121. The van der Waals surface area contributed by atoms with E-state index in [1.165, 1.54) is 36.8 Å². The summed E-state index contributed by atoms with van der Waals surface area (Å²) in [5.41, 5.74) is 3.47. The number of nitrogens with one attached hydrogen (secondary N) is 1. The Hall–Kier alpha value is -1.09. The molecule has 2 saturated heterocycles. The monoisotopic (exact) mass is 260 g/mol. The van der Waals surface area contributed by atoms with Crippen LogP contribution >= 0.6 is 0 Å². The molecule has 0 saturated carbocycles. The zero-order valence-corrected chi connectivity index (χ0v) is 11.3. The van der Waals surface area contributed by atoms with Crippen molar-refractivity contribution in [2.45, 2.75) is 50.6 Å². The number of hydrogen-bond acceptors (Lipinski definition) is 2. The summed E-state index contributed by atoms with van der Waals surface area (Å²) in [4.78, 5) is 2.27. The third kappa shape index (κ3) is 2.04. The van der Waals surface area contributed by atoms with E-state index in [4.69, 9.17) is 0 Å². The number of anilines is 1. The molecule has 0 radical (unpaired) electrons. The van der Waals surface area contributed by atoms with Crippen LogP contribution in [0.4, 0.5) is 10.1 Å². The first-order valence-corrected chi connectivity index (χ1v) is 7.62. The van der Waals surface area contributed by atoms with Gasteiger partial charge in [0.2, 0.25) is 0 Å². The Balaban J connectivity index is 1.67. The summed E-state index contributed by atoms with van der Waals surface area (Å²) >= 11 is 0. The molecule has 0 amide bonds. The minimum atomic E-state index is -0.0121. The van der Waals surface area contributed by atoms with Gasteiger partial charge in [-0.05, 0) is 61.8 Å². The topological polar surface area (TPSA) is 15.3 Å². The van der Waals surface area contributed by atoms with Gasteiger partial charge in [0.1, 0.15) is 5.82 Å². The van der Waals surface area contributed by atoms with Gasteiger partial charge in [-0.3, -0.25) is 0 Å². The Morgan fingerprint density at radius 2 is 1.63 bits per heavy atom. The Kier molecular flexibility index (Phi) is 2.76. The molecular weight excluding hydrogens is 239 g/mol. The molecule has 0 spiro atoms. The van der Waals surface area contributed by atoms with Crippen molar-refractivity contribution in [3.63, 3.8) is 0 Å². The molecule has 3 aliphatic rings. The van der Waals surface area contributed by atoms with Crippen molar-refractivity contribution in [2.75, 3.05) is 18.0 Å². The van der Waals surface area contributed by atoms with Gasteiger partial charge in [-0.15, -0.1) is 0 Å². The van der Waals surface area contributed by atoms with Crippen molar-refractivity contribution in [2.24, 2.45) is 0 Å². The second-order valence-corrected chi connectivity index (χ2v) is 6.32. The molecule has 2 aliphatic heterocycles. The van der Waals surface area contributed by atoms with E-state index < -0.39 is 0 Å². The van der Waals surface area contributed by atoms with Crippen LogP contribution in [0.2, 0.25) is 0 Å². The van der Waals surface area contributed by atoms with Gasteiger partial charge in [-0.25, -0.2) is 4.39 Å². The summed E-state index contributed by atoms with van der Waals surface area (Å²) in [5, 5.41) is 3.61. The molecule has 3 heteroatoms. The van der Waals surface area contributed by atoms with Gasteiger partial charge >= 0.3 is 0 Å². The third-order valence-corrected chi connectivity index (χ3v) is 4.97. The smallest absolute Gasteiger partial charge is 0.146 e. The standard InChI is InChI=1S/C16H21FN2/c17-15-7-11-3-1-2-4-12(11)8-16(15)19-9-13-5-6-14(10-19)18-13/h7-8,13-14,18H,1-6,9-10H2. The van der Waals surface area contributed by atoms with E-state index in [1.54, 1.807) is 6.07 Å². The fourth-order valence-corrected chi connectivity index (χ4v) is 3.98. The van der Waals surface area contributed by atoms with Crippen molar-refractivity contribution in [1.29, 1.82) is 0 Å². The zero-order chi connectivity index (χ0) is 12.8. The predicted molar refractivity (Wildman–Crippen MR) is 75.2 cm³/mol. The molecule has 0 aromatic heterocycles. The first kappa shape index (κ1) is 11.7. The maximum atomic E-state index is 14.4. The number of rotatable bonds is 1. The van der Waals surface area contributed by atoms with E-state index >= 15 is 0 Å². The fourth-order valence-electron chi connectivity index (χ4n) is 3.98. The van der Waals surface area contributed by atoms with Crippen molar-refractivity contribution in [3.8, 4) is 0 Å². The molecule has 2 atom stereocenters. The molecule has 2 heterocycles. The summed E-state index contributed by atoms with van der Waals surface area (Å²) in [6.07, 6.45) is 7.14. The fraction of sp³-hybridized carbons (Fsp3) is 0.625. The van der Waals surface area contributed by atoms with Gasteiger partial charge in [-0.2, -0.15) is 0 Å². The molecule has 19 heavy (non-hydrogen) atoms. The van der Waals surface area contributed by atoms with Crippen LogP contribution in [-0.2, 0) is 12.8 Å². The Morgan fingerprint density at radius 1 is 1.00 bits per heavy atom. The highest BCUT2D eigenvalue weighted by Gasteiger charge is 2.33. The van der Waals surface area contributed by atoms with Gasteiger partial charge in [0.25, 0.3) is 0 Å². The highest BCUT2D eigenvalue weighted by atomic mass is 19.1. The summed E-state index contributed by atoms with van der Waals surface area (Å²) in [7, 11) is 0. The Morgan fingerprint density at radius 3 is 2.32 bits per heavy atom. The van der Waals surface area contributed by atoms with E-state index in [0.29, 0.717) is 12.1 Å². The van der Waals surface area contributed by atoms with Gasteiger partial charge in [0.05, 0.1) is 5.69 Å². The third-order valence-electron chi connectivity index (χ3n) is 4.97. The predicted octanol–water partition coefficient (Wildman–Crippen LogP) is 2.65. The lowest BCUT2D eigenvalue weighted by Crippen LogP contribution is -2.51. The number of piperazine rings is 1. The van der Waals surface area contributed by atoms with Crippen LogP contribution in [0.3, 0.4) is 0 Å². The van der Waals surface area contributed by atoms with Crippen molar-refractivity contribution in [3.05, 3.63) is 29.1 Å². The number of nitrogens with zero attached hydrogens (tertiary/aromatic N) is 1. The molecule has 1 N–H and O–H groups in total.